The zero-order chi connectivity index (χ0) is 9.47. The Bertz CT molecular complexity index is 307. The SMILES string of the molecule is CC(C)C1(c2nc(CN)no2)CC1.Cl. The summed E-state index contributed by atoms with van der Waals surface area (Å²) >= 11 is 0. The normalized spacial score (nSPS) is 18.0. The highest BCUT2D eigenvalue weighted by Crippen LogP contribution is 2.52. The molecule has 14 heavy (non-hydrogen) atoms. The zero-order valence-electron chi connectivity index (χ0n) is 8.49. The predicted octanol–water partition coefficient (Wildman–Crippen LogP) is 1.64. The first kappa shape index (κ1) is 11.5. The van der Waals surface area contributed by atoms with Gasteiger partial charge in [-0.15, -0.1) is 12.4 Å². The van der Waals surface area contributed by atoms with E-state index in [9.17, 15) is 0 Å². The molecular formula is C9H16ClN3O. The van der Waals surface area contributed by atoms with Gasteiger partial charge in [-0.25, -0.2) is 0 Å². The number of hydrogen-bond acceptors (Lipinski definition) is 4. The summed E-state index contributed by atoms with van der Waals surface area (Å²) in [6, 6.07) is 0. The lowest BCUT2D eigenvalue weighted by Gasteiger charge is -2.13. The van der Waals surface area contributed by atoms with Crippen LogP contribution in [-0.4, -0.2) is 10.1 Å². The van der Waals surface area contributed by atoms with Gasteiger partial charge in [0.1, 0.15) is 0 Å². The second kappa shape index (κ2) is 3.87. The van der Waals surface area contributed by atoms with Gasteiger partial charge in [0, 0.05) is 0 Å². The van der Waals surface area contributed by atoms with Crippen LogP contribution < -0.4 is 5.73 Å². The Morgan fingerprint density at radius 1 is 1.50 bits per heavy atom. The third-order valence-corrected chi connectivity index (χ3v) is 2.97. The number of rotatable bonds is 3. The van der Waals surface area contributed by atoms with Crippen molar-refractivity contribution in [2.45, 2.75) is 38.6 Å². The van der Waals surface area contributed by atoms with E-state index in [0.717, 1.165) is 18.7 Å². The summed E-state index contributed by atoms with van der Waals surface area (Å²) in [5.41, 5.74) is 5.59. The minimum atomic E-state index is 0. The fourth-order valence-corrected chi connectivity index (χ4v) is 1.71. The molecular weight excluding hydrogens is 202 g/mol. The van der Waals surface area contributed by atoms with Crippen LogP contribution in [-0.2, 0) is 12.0 Å². The summed E-state index contributed by atoms with van der Waals surface area (Å²) in [5.74, 6) is 1.96. The molecule has 80 valence electrons. The van der Waals surface area contributed by atoms with Crippen molar-refractivity contribution in [2.75, 3.05) is 0 Å². The van der Waals surface area contributed by atoms with E-state index in [1.165, 1.54) is 0 Å². The van der Waals surface area contributed by atoms with Gasteiger partial charge >= 0.3 is 0 Å². The molecule has 1 saturated carbocycles. The van der Waals surface area contributed by atoms with E-state index < -0.39 is 0 Å². The van der Waals surface area contributed by atoms with E-state index in [2.05, 4.69) is 24.0 Å². The molecule has 2 N–H and O–H groups in total. The monoisotopic (exact) mass is 217 g/mol. The predicted molar refractivity (Wildman–Crippen MR) is 55.2 cm³/mol. The van der Waals surface area contributed by atoms with Crippen molar-refractivity contribution in [3.63, 3.8) is 0 Å². The van der Waals surface area contributed by atoms with Crippen molar-refractivity contribution >= 4 is 12.4 Å². The summed E-state index contributed by atoms with van der Waals surface area (Å²) in [6.07, 6.45) is 2.33. The average Bonchev–Trinajstić information content (AvgIpc) is 2.79. The maximum Gasteiger partial charge on any atom is 0.233 e. The molecule has 0 saturated heterocycles. The van der Waals surface area contributed by atoms with E-state index in [-0.39, 0.29) is 17.8 Å². The van der Waals surface area contributed by atoms with Gasteiger partial charge in [-0.2, -0.15) is 4.98 Å². The summed E-state index contributed by atoms with van der Waals surface area (Å²) in [6.45, 7) is 4.75. The van der Waals surface area contributed by atoms with Crippen molar-refractivity contribution in [1.82, 2.24) is 10.1 Å². The van der Waals surface area contributed by atoms with Gasteiger partial charge in [-0.05, 0) is 18.8 Å². The third kappa shape index (κ3) is 1.64. The van der Waals surface area contributed by atoms with Crippen LogP contribution in [0.5, 0.6) is 0 Å². The van der Waals surface area contributed by atoms with E-state index in [4.69, 9.17) is 10.3 Å². The maximum absolute atomic E-state index is 5.42. The molecule has 0 aliphatic heterocycles. The lowest BCUT2D eigenvalue weighted by molar-refractivity contribution is 0.306. The van der Waals surface area contributed by atoms with Crippen LogP contribution >= 0.6 is 12.4 Å². The van der Waals surface area contributed by atoms with Crippen molar-refractivity contribution in [3.8, 4) is 0 Å². The van der Waals surface area contributed by atoms with Gasteiger partial charge in [-0.1, -0.05) is 19.0 Å². The van der Waals surface area contributed by atoms with Crippen LogP contribution in [0, 0.1) is 5.92 Å². The highest BCUT2D eigenvalue weighted by Gasteiger charge is 2.51. The molecule has 0 unspecified atom stereocenters. The van der Waals surface area contributed by atoms with Crippen LogP contribution in [0.25, 0.3) is 0 Å². The Hall–Kier alpha value is -0.610. The molecule has 0 bridgehead atoms. The Morgan fingerprint density at radius 2 is 2.14 bits per heavy atom. The second-order valence-corrected chi connectivity index (χ2v) is 4.03. The van der Waals surface area contributed by atoms with Gasteiger partial charge in [0.2, 0.25) is 5.89 Å². The number of nitrogens with zero attached hydrogens (tertiary/aromatic N) is 2. The van der Waals surface area contributed by atoms with Gasteiger partial charge in [0.05, 0.1) is 12.0 Å². The highest BCUT2D eigenvalue weighted by atomic mass is 35.5. The van der Waals surface area contributed by atoms with Crippen molar-refractivity contribution in [3.05, 3.63) is 11.7 Å². The van der Waals surface area contributed by atoms with Crippen molar-refractivity contribution in [2.24, 2.45) is 11.7 Å². The van der Waals surface area contributed by atoms with Gasteiger partial charge in [-0.3, -0.25) is 0 Å². The smallest absolute Gasteiger partial charge is 0.233 e. The van der Waals surface area contributed by atoms with Gasteiger partial charge in [0.15, 0.2) is 5.82 Å². The molecule has 5 heteroatoms. The Morgan fingerprint density at radius 3 is 2.50 bits per heavy atom. The minimum absolute atomic E-state index is 0. The van der Waals surface area contributed by atoms with Crippen molar-refractivity contribution < 1.29 is 4.52 Å². The first-order valence-corrected chi connectivity index (χ1v) is 4.72. The Kier molecular flexibility index (Phi) is 3.17. The standard InChI is InChI=1S/C9H15N3O.ClH/c1-6(2)9(3-4-9)8-11-7(5-10)12-13-8;/h6H,3-5,10H2,1-2H3;1H. The summed E-state index contributed by atoms with van der Waals surface area (Å²) in [5, 5.41) is 3.81. The molecule has 0 amide bonds. The molecule has 1 aliphatic rings. The summed E-state index contributed by atoms with van der Waals surface area (Å²) in [4.78, 5) is 4.28. The summed E-state index contributed by atoms with van der Waals surface area (Å²) in [7, 11) is 0. The highest BCUT2D eigenvalue weighted by molar-refractivity contribution is 5.85. The minimum Gasteiger partial charge on any atom is -0.339 e. The summed E-state index contributed by atoms with van der Waals surface area (Å²) < 4.78 is 5.20. The first-order chi connectivity index (χ1) is 6.19. The van der Waals surface area contributed by atoms with E-state index >= 15 is 0 Å². The van der Waals surface area contributed by atoms with E-state index in [1.54, 1.807) is 0 Å². The van der Waals surface area contributed by atoms with E-state index in [0.29, 0.717) is 18.3 Å². The number of hydrogen-bond donors (Lipinski definition) is 1. The number of nitrogens with two attached hydrogens (primary N) is 1. The van der Waals surface area contributed by atoms with Crippen molar-refractivity contribution in [1.29, 1.82) is 0 Å². The molecule has 2 rings (SSSR count). The maximum atomic E-state index is 5.42. The van der Waals surface area contributed by atoms with E-state index in [1.807, 2.05) is 0 Å². The second-order valence-electron chi connectivity index (χ2n) is 4.03. The lowest BCUT2D eigenvalue weighted by atomic mass is 9.92. The first-order valence-electron chi connectivity index (χ1n) is 4.72. The average molecular weight is 218 g/mol. The zero-order valence-corrected chi connectivity index (χ0v) is 9.30. The van der Waals surface area contributed by atoms with Crippen LogP contribution in [0.3, 0.4) is 0 Å². The molecule has 0 aromatic carbocycles. The molecule has 1 fully saturated rings. The molecule has 1 aliphatic carbocycles. The van der Waals surface area contributed by atoms with Crippen LogP contribution in [0.15, 0.2) is 4.52 Å². The van der Waals surface area contributed by atoms with Crippen LogP contribution in [0.4, 0.5) is 0 Å². The third-order valence-electron chi connectivity index (χ3n) is 2.97. The van der Waals surface area contributed by atoms with Gasteiger partial charge in [0.25, 0.3) is 0 Å². The molecule has 4 nitrogen and oxygen atoms in total. The molecule has 1 aromatic heterocycles. The number of halogens is 1. The molecule has 0 radical (unpaired) electrons. The lowest BCUT2D eigenvalue weighted by Crippen LogP contribution is -2.15. The number of aromatic nitrogens is 2. The fraction of sp³-hybridized carbons (Fsp3) is 0.778. The largest absolute Gasteiger partial charge is 0.339 e. The quantitative estimate of drug-likeness (QED) is 0.836. The Labute approximate surface area is 89.7 Å². The van der Waals surface area contributed by atoms with Crippen LogP contribution in [0.1, 0.15) is 38.4 Å². The molecule has 0 spiro atoms. The molecule has 1 aromatic rings. The Balaban J connectivity index is 0.000000980. The van der Waals surface area contributed by atoms with Gasteiger partial charge < -0.3 is 10.3 Å². The molecule has 1 heterocycles. The molecule has 0 atom stereocenters. The van der Waals surface area contributed by atoms with Crippen LogP contribution in [0.2, 0.25) is 0 Å². The topological polar surface area (TPSA) is 64.9 Å². The fourth-order valence-electron chi connectivity index (χ4n) is 1.71.